The second-order valence-electron chi connectivity index (χ2n) is 6.35. The van der Waals surface area contributed by atoms with Gasteiger partial charge in [0.25, 0.3) is 0 Å². The summed E-state index contributed by atoms with van der Waals surface area (Å²) in [6, 6.07) is 7.11. The molecule has 0 spiro atoms. The summed E-state index contributed by atoms with van der Waals surface area (Å²) in [5.41, 5.74) is 1.58. The molecule has 0 heterocycles. The van der Waals surface area contributed by atoms with Gasteiger partial charge >= 0.3 is 0 Å². The summed E-state index contributed by atoms with van der Waals surface area (Å²) in [6.45, 7) is 1.92. The SMILES string of the molecule is Cc1ccc(NC(=O)CS(=O)(=O)CC(=O)NC2CCCCC2)cc1. The van der Waals surface area contributed by atoms with E-state index in [0.29, 0.717) is 5.69 Å². The van der Waals surface area contributed by atoms with Gasteiger partial charge in [0.15, 0.2) is 9.84 Å². The Morgan fingerprint density at radius 3 is 2.21 bits per heavy atom. The molecule has 2 N–H and O–H groups in total. The monoisotopic (exact) mass is 352 g/mol. The molecule has 1 saturated carbocycles. The lowest BCUT2D eigenvalue weighted by Gasteiger charge is -2.22. The minimum absolute atomic E-state index is 0.0582. The van der Waals surface area contributed by atoms with Crippen LogP contribution in [-0.4, -0.2) is 37.8 Å². The number of hydrogen-bond donors (Lipinski definition) is 2. The van der Waals surface area contributed by atoms with Crippen molar-refractivity contribution >= 4 is 27.3 Å². The van der Waals surface area contributed by atoms with Crippen LogP contribution in [0.4, 0.5) is 5.69 Å². The molecule has 0 unspecified atom stereocenters. The molecule has 2 amide bonds. The van der Waals surface area contributed by atoms with Crippen molar-refractivity contribution < 1.29 is 18.0 Å². The Morgan fingerprint density at radius 2 is 1.58 bits per heavy atom. The van der Waals surface area contributed by atoms with Crippen LogP contribution in [0.2, 0.25) is 0 Å². The number of anilines is 1. The molecule has 132 valence electrons. The van der Waals surface area contributed by atoms with Gasteiger partial charge < -0.3 is 10.6 Å². The molecule has 0 atom stereocenters. The lowest BCUT2D eigenvalue weighted by atomic mass is 9.95. The van der Waals surface area contributed by atoms with Crippen molar-refractivity contribution in [1.82, 2.24) is 5.32 Å². The lowest BCUT2D eigenvalue weighted by molar-refractivity contribution is -0.119. The highest BCUT2D eigenvalue weighted by atomic mass is 32.2. The fourth-order valence-corrected chi connectivity index (χ4v) is 3.86. The van der Waals surface area contributed by atoms with Crippen molar-refractivity contribution in [2.24, 2.45) is 0 Å². The van der Waals surface area contributed by atoms with Gasteiger partial charge in [0.1, 0.15) is 11.5 Å². The Bertz CT molecular complexity index is 677. The average Bonchev–Trinajstić information content (AvgIpc) is 2.49. The Morgan fingerprint density at radius 1 is 1.00 bits per heavy atom. The Hall–Kier alpha value is -1.89. The van der Waals surface area contributed by atoms with Crippen LogP contribution in [-0.2, 0) is 19.4 Å². The van der Waals surface area contributed by atoms with Crippen molar-refractivity contribution in [3.8, 4) is 0 Å². The molecule has 1 aliphatic carbocycles. The molecule has 0 aromatic heterocycles. The molecule has 1 aliphatic rings. The van der Waals surface area contributed by atoms with Crippen molar-refractivity contribution in [2.45, 2.75) is 45.1 Å². The topological polar surface area (TPSA) is 92.3 Å². The van der Waals surface area contributed by atoms with Gasteiger partial charge in [-0.1, -0.05) is 37.0 Å². The summed E-state index contributed by atoms with van der Waals surface area (Å²) in [6.07, 6.45) is 5.04. The summed E-state index contributed by atoms with van der Waals surface area (Å²) in [5, 5.41) is 5.28. The van der Waals surface area contributed by atoms with E-state index in [0.717, 1.165) is 37.7 Å². The minimum Gasteiger partial charge on any atom is -0.352 e. The number of benzene rings is 1. The molecule has 7 heteroatoms. The molecule has 1 aromatic rings. The highest BCUT2D eigenvalue weighted by Gasteiger charge is 2.23. The van der Waals surface area contributed by atoms with Gasteiger partial charge in [-0.25, -0.2) is 8.42 Å². The molecular formula is C17H24N2O4S. The van der Waals surface area contributed by atoms with Crippen molar-refractivity contribution in [3.05, 3.63) is 29.8 Å². The van der Waals surface area contributed by atoms with E-state index in [1.54, 1.807) is 12.1 Å². The zero-order chi connectivity index (χ0) is 17.6. The Labute approximate surface area is 142 Å². The fourth-order valence-electron chi connectivity index (χ4n) is 2.80. The predicted octanol–water partition coefficient (Wildman–Crippen LogP) is 1.80. The summed E-state index contributed by atoms with van der Waals surface area (Å²) in [7, 11) is -3.78. The van der Waals surface area contributed by atoms with E-state index < -0.39 is 33.2 Å². The van der Waals surface area contributed by atoms with Gasteiger partial charge in [-0.05, 0) is 31.9 Å². The normalized spacial score (nSPS) is 15.7. The molecular weight excluding hydrogens is 328 g/mol. The van der Waals surface area contributed by atoms with Crippen molar-refractivity contribution in [3.63, 3.8) is 0 Å². The fraction of sp³-hybridized carbons (Fsp3) is 0.529. The number of carbonyl (C=O) groups excluding carboxylic acids is 2. The number of sulfone groups is 1. The van der Waals surface area contributed by atoms with Crippen LogP contribution in [0, 0.1) is 6.92 Å². The summed E-state index contributed by atoms with van der Waals surface area (Å²) < 4.78 is 24.0. The quantitative estimate of drug-likeness (QED) is 0.816. The molecule has 0 bridgehead atoms. The van der Waals surface area contributed by atoms with Crippen LogP contribution >= 0.6 is 0 Å². The molecule has 0 radical (unpaired) electrons. The third kappa shape index (κ3) is 6.31. The van der Waals surface area contributed by atoms with E-state index in [4.69, 9.17) is 0 Å². The third-order valence-corrected chi connectivity index (χ3v) is 5.41. The Kier molecular flexibility index (Phi) is 6.36. The first-order valence-electron chi connectivity index (χ1n) is 8.20. The lowest BCUT2D eigenvalue weighted by Crippen LogP contribution is -2.40. The molecule has 2 rings (SSSR count). The van der Waals surface area contributed by atoms with Crippen LogP contribution in [0.5, 0.6) is 0 Å². The molecule has 24 heavy (non-hydrogen) atoms. The van der Waals surface area contributed by atoms with E-state index in [-0.39, 0.29) is 6.04 Å². The van der Waals surface area contributed by atoms with Crippen LogP contribution < -0.4 is 10.6 Å². The van der Waals surface area contributed by atoms with Crippen LogP contribution in [0.3, 0.4) is 0 Å². The van der Waals surface area contributed by atoms with E-state index in [2.05, 4.69) is 10.6 Å². The highest BCUT2D eigenvalue weighted by Crippen LogP contribution is 2.17. The average molecular weight is 352 g/mol. The number of rotatable bonds is 6. The minimum atomic E-state index is -3.78. The number of hydrogen-bond acceptors (Lipinski definition) is 4. The first-order valence-corrected chi connectivity index (χ1v) is 10.0. The second kappa shape index (κ2) is 8.28. The number of nitrogens with one attached hydrogen (secondary N) is 2. The molecule has 1 fully saturated rings. The smallest absolute Gasteiger partial charge is 0.239 e. The van der Waals surface area contributed by atoms with E-state index in [1.165, 1.54) is 0 Å². The summed E-state index contributed by atoms with van der Waals surface area (Å²) >= 11 is 0. The summed E-state index contributed by atoms with van der Waals surface area (Å²) in [4.78, 5) is 23.7. The number of carbonyl (C=O) groups is 2. The molecule has 1 aromatic carbocycles. The number of amides is 2. The van der Waals surface area contributed by atoms with E-state index in [9.17, 15) is 18.0 Å². The van der Waals surface area contributed by atoms with Gasteiger partial charge in [0, 0.05) is 11.7 Å². The zero-order valence-corrected chi connectivity index (χ0v) is 14.7. The van der Waals surface area contributed by atoms with Gasteiger partial charge in [-0.15, -0.1) is 0 Å². The van der Waals surface area contributed by atoms with Crippen molar-refractivity contribution in [1.29, 1.82) is 0 Å². The molecule has 0 saturated heterocycles. The van der Waals surface area contributed by atoms with Crippen molar-refractivity contribution in [2.75, 3.05) is 16.8 Å². The maximum atomic E-state index is 12.0. The van der Waals surface area contributed by atoms with Gasteiger partial charge in [-0.2, -0.15) is 0 Å². The molecule has 0 aliphatic heterocycles. The van der Waals surface area contributed by atoms with Crippen LogP contribution in [0.1, 0.15) is 37.7 Å². The number of aryl methyl sites for hydroxylation is 1. The second-order valence-corrected chi connectivity index (χ2v) is 8.41. The standard InChI is InChI=1S/C17H24N2O4S/c1-13-7-9-15(10-8-13)19-17(21)12-24(22,23)11-16(20)18-14-5-3-2-4-6-14/h7-10,14H,2-6,11-12H2,1H3,(H,18,20)(H,19,21). The van der Waals surface area contributed by atoms with Crippen LogP contribution in [0.25, 0.3) is 0 Å². The predicted molar refractivity (Wildman–Crippen MR) is 93.5 cm³/mol. The Balaban J connectivity index is 1.82. The van der Waals surface area contributed by atoms with Gasteiger partial charge in [-0.3, -0.25) is 9.59 Å². The molecule has 6 nitrogen and oxygen atoms in total. The first kappa shape index (κ1) is 18.4. The van der Waals surface area contributed by atoms with Crippen LogP contribution in [0.15, 0.2) is 24.3 Å². The maximum absolute atomic E-state index is 12.0. The third-order valence-electron chi connectivity index (χ3n) is 4.01. The highest BCUT2D eigenvalue weighted by molar-refractivity contribution is 7.92. The zero-order valence-electron chi connectivity index (χ0n) is 13.9. The maximum Gasteiger partial charge on any atom is 0.239 e. The van der Waals surface area contributed by atoms with E-state index >= 15 is 0 Å². The van der Waals surface area contributed by atoms with Gasteiger partial charge in [0.05, 0.1) is 0 Å². The largest absolute Gasteiger partial charge is 0.352 e. The van der Waals surface area contributed by atoms with Gasteiger partial charge in [0.2, 0.25) is 11.8 Å². The van der Waals surface area contributed by atoms with E-state index in [1.807, 2.05) is 19.1 Å². The summed E-state index contributed by atoms with van der Waals surface area (Å²) in [5.74, 6) is -2.50. The first-order chi connectivity index (χ1) is 11.3.